The number of rotatable bonds is 18. The molecule has 2 aromatic rings. The lowest BCUT2D eigenvalue weighted by Crippen LogP contribution is -2.27. The Morgan fingerprint density at radius 1 is 0.714 bits per heavy atom. The predicted octanol–water partition coefficient (Wildman–Crippen LogP) is 7.71. The standard InChI is InChI=1S/C32H48O3/c1-27(18-22-29-13-7-4-8-14-29)20-24-31(17-11-6-12-26-35-32(3,33)34)25-21-28(2)19-23-30-15-9-5-10-16-30/h4-11,13-16,27-28,31,33-34H,12,17-26H2,1-3H3/b11-6-. The van der Waals surface area contributed by atoms with Crippen molar-refractivity contribution in [2.45, 2.75) is 91.0 Å². The second-order valence-corrected chi connectivity index (χ2v) is 10.6. The summed E-state index contributed by atoms with van der Waals surface area (Å²) < 4.78 is 4.98. The number of aryl methyl sites for hydroxylation is 2. The Kier molecular flexibility index (Phi) is 14.0. The van der Waals surface area contributed by atoms with Crippen LogP contribution in [0.15, 0.2) is 72.8 Å². The molecule has 0 aromatic heterocycles. The van der Waals surface area contributed by atoms with Crippen molar-refractivity contribution >= 4 is 0 Å². The molecule has 2 atom stereocenters. The molecule has 3 heteroatoms. The van der Waals surface area contributed by atoms with Gasteiger partial charge in [-0.25, -0.2) is 0 Å². The van der Waals surface area contributed by atoms with Crippen LogP contribution in [0.4, 0.5) is 0 Å². The number of hydrogen-bond acceptors (Lipinski definition) is 3. The highest BCUT2D eigenvalue weighted by atomic mass is 16.8. The number of hydrogen-bond donors (Lipinski definition) is 2. The molecule has 2 unspecified atom stereocenters. The highest BCUT2D eigenvalue weighted by Crippen LogP contribution is 2.26. The van der Waals surface area contributed by atoms with Crippen molar-refractivity contribution in [2.75, 3.05) is 6.61 Å². The first-order valence-corrected chi connectivity index (χ1v) is 13.6. The van der Waals surface area contributed by atoms with Gasteiger partial charge in [0, 0.05) is 6.92 Å². The lowest BCUT2D eigenvalue weighted by molar-refractivity contribution is -0.324. The van der Waals surface area contributed by atoms with Crippen LogP contribution in [0.2, 0.25) is 0 Å². The lowest BCUT2D eigenvalue weighted by atomic mass is 9.85. The SMILES string of the molecule is CC(CCc1ccccc1)CCC(C/C=C\CCOC(C)(O)O)CCC(C)CCc1ccccc1. The van der Waals surface area contributed by atoms with E-state index in [1.807, 2.05) is 0 Å². The molecule has 2 N–H and O–H groups in total. The topological polar surface area (TPSA) is 49.7 Å². The third-order valence-electron chi connectivity index (χ3n) is 6.97. The molecular formula is C32H48O3. The van der Waals surface area contributed by atoms with Crippen molar-refractivity contribution in [3.63, 3.8) is 0 Å². The van der Waals surface area contributed by atoms with E-state index < -0.39 is 5.97 Å². The average molecular weight is 481 g/mol. The van der Waals surface area contributed by atoms with Crippen LogP contribution >= 0.6 is 0 Å². The van der Waals surface area contributed by atoms with Gasteiger partial charge in [-0.2, -0.15) is 0 Å². The highest BCUT2D eigenvalue weighted by Gasteiger charge is 2.15. The monoisotopic (exact) mass is 480 g/mol. The average Bonchev–Trinajstić information content (AvgIpc) is 2.85. The molecule has 2 rings (SSSR count). The Hall–Kier alpha value is -1.94. The summed E-state index contributed by atoms with van der Waals surface area (Å²) >= 11 is 0. The van der Waals surface area contributed by atoms with E-state index >= 15 is 0 Å². The van der Waals surface area contributed by atoms with Gasteiger partial charge >= 0.3 is 0 Å². The quantitative estimate of drug-likeness (QED) is 0.130. The molecule has 0 saturated heterocycles. The number of aliphatic hydroxyl groups is 2. The van der Waals surface area contributed by atoms with Gasteiger partial charge in [-0.15, -0.1) is 0 Å². The van der Waals surface area contributed by atoms with E-state index in [0.717, 1.165) is 31.1 Å². The second-order valence-electron chi connectivity index (χ2n) is 10.6. The zero-order chi connectivity index (χ0) is 25.4. The van der Waals surface area contributed by atoms with Crippen molar-refractivity contribution in [3.8, 4) is 0 Å². The van der Waals surface area contributed by atoms with E-state index in [4.69, 9.17) is 4.74 Å². The van der Waals surface area contributed by atoms with Crippen molar-refractivity contribution in [2.24, 2.45) is 17.8 Å². The van der Waals surface area contributed by atoms with Gasteiger partial charge in [0.25, 0.3) is 5.97 Å². The third-order valence-corrected chi connectivity index (χ3v) is 6.97. The summed E-state index contributed by atoms with van der Waals surface area (Å²) in [4.78, 5) is 0. The van der Waals surface area contributed by atoms with Crippen LogP contribution in [0, 0.1) is 17.8 Å². The molecule has 0 saturated carbocycles. The Bertz CT molecular complexity index is 741. The molecular weight excluding hydrogens is 432 g/mol. The molecule has 0 aliphatic heterocycles. The summed E-state index contributed by atoms with van der Waals surface area (Å²) in [7, 11) is 0. The van der Waals surface area contributed by atoms with E-state index in [1.54, 1.807) is 0 Å². The van der Waals surface area contributed by atoms with Crippen LogP contribution < -0.4 is 0 Å². The minimum atomic E-state index is -2.04. The Labute approximate surface area is 214 Å². The summed E-state index contributed by atoms with van der Waals surface area (Å²) in [5, 5.41) is 18.5. The molecule has 0 bridgehead atoms. The summed E-state index contributed by atoms with van der Waals surface area (Å²) in [6.45, 7) is 6.36. The molecule has 194 valence electrons. The zero-order valence-electron chi connectivity index (χ0n) is 22.2. The van der Waals surface area contributed by atoms with E-state index in [9.17, 15) is 10.2 Å². The summed E-state index contributed by atoms with van der Waals surface area (Å²) in [5.41, 5.74) is 2.88. The largest absolute Gasteiger partial charge is 0.344 e. The van der Waals surface area contributed by atoms with Gasteiger partial charge in [0.1, 0.15) is 0 Å². The fraction of sp³-hybridized carbons (Fsp3) is 0.562. The van der Waals surface area contributed by atoms with Crippen LogP contribution in [-0.4, -0.2) is 22.8 Å². The molecule has 0 fully saturated rings. The smallest absolute Gasteiger partial charge is 0.274 e. The summed E-state index contributed by atoms with van der Waals surface area (Å²) in [6.07, 6.45) is 16.1. The fourth-order valence-corrected chi connectivity index (χ4v) is 4.55. The van der Waals surface area contributed by atoms with Gasteiger partial charge in [-0.1, -0.05) is 99.5 Å². The Balaban J connectivity index is 1.76. The molecule has 0 aliphatic carbocycles. The van der Waals surface area contributed by atoms with E-state index in [0.29, 0.717) is 18.9 Å². The van der Waals surface area contributed by atoms with Crippen LogP contribution in [0.25, 0.3) is 0 Å². The van der Waals surface area contributed by atoms with Crippen LogP contribution in [0.3, 0.4) is 0 Å². The molecule has 35 heavy (non-hydrogen) atoms. The normalized spacial score (nSPS) is 14.8. The molecule has 0 spiro atoms. The molecule has 0 heterocycles. The van der Waals surface area contributed by atoms with Gasteiger partial charge in [0.15, 0.2) is 0 Å². The van der Waals surface area contributed by atoms with Crippen LogP contribution in [-0.2, 0) is 17.6 Å². The van der Waals surface area contributed by atoms with E-state index in [1.165, 1.54) is 56.6 Å². The summed E-state index contributed by atoms with van der Waals surface area (Å²) in [6, 6.07) is 21.6. The maximum Gasteiger partial charge on any atom is 0.274 e. The van der Waals surface area contributed by atoms with Crippen molar-refractivity contribution in [3.05, 3.63) is 83.9 Å². The van der Waals surface area contributed by atoms with Gasteiger partial charge in [-0.3, -0.25) is 0 Å². The van der Waals surface area contributed by atoms with Crippen LogP contribution in [0.1, 0.15) is 83.3 Å². The first kappa shape index (κ1) is 29.3. The third kappa shape index (κ3) is 14.9. The number of ether oxygens (including phenoxy) is 1. The minimum absolute atomic E-state index is 0.317. The van der Waals surface area contributed by atoms with Crippen molar-refractivity contribution in [1.29, 1.82) is 0 Å². The molecule has 0 amide bonds. The van der Waals surface area contributed by atoms with Crippen LogP contribution in [0.5, 0.6) is 0 Å². The van der Waals surface area contributed by atoms with Gasteiger partial charge in [-0.05, 0) is 80.2 Å². The summed E-state index contributed by atoms with van der Waals surface area (Å²) in [5.74, 6) is 0.128. The maximum absolute atomic E-state index is 9.25. The van der Waals surface area contributed by atoms with Gasteiger partial charge in [0.05, 0.1) is 6.61 Å². The molecule has 0 radical (unpaired) electrons. The van der Waals surface area contributed by atoms with Crippen molar-refractivity contribution < 1.29 is 14.9 Å². The Morgan fingerprint density at radius 2 is 1.20 bits per heavy atom. The van der Waals surface area contributed by atoms with Gasteiger partial charge < -0.3 is 14.9 Å². The second kappa shape index (κ2) is 16.7. The van der Waals surface area contributed by atoms with Crippen molar-refractivity contribution in [1.82, 2.24) is 0 Å². The first-order chi connectivity index (χ1) is 16.8. The van der Waals surface area contributed by atoms with Gasteiger partial charge in [0.2, 0.25) is 0 Å². The highest BCUT2D eigenvalue weighted by molar-refractivity contribution is 5.15. The van der Waals surface area contributed by atoms with E-state index in [-0.39, 0.29) is 0 Å². The fourth-order valence-electron chi connectivity index (χ4n) is 4.55. The number of benzene rings is 2. The molecule has 0 aliphatic rings. The zero-order valence-corrected chi connectivity index (χ0v) is 22.2. The first-order valence-electron chi connectivity index (χ1n) is 13.6. The Morgan fingerprint density at radius 3 is 1.66 bits per heavy atom. The number of allylic oxidation sites excluding steroid dienone is 1. The predicted molar refractivity (Wildman–Crippen MR) is 147 cm³/mol. The molecule has 2 aromatic carbocycles. The van der Waals surface area contributed by atoms with E-state index in [2.05, 4.69) is 86.7 Å². The maximum atomic E-state index is 9.25. The lowest BCUT2D eigenvalue weighted by Gasteiger charge is -2.20. The molecule has 3 nitrogen and oxygen atoms in total. The minimum Gasteiger partial charge on any atom is -0.344 e.